The Bertz CT molecular complexity index is 992. The maximum atomic E-state index is 14.3. The fraction of sp³-hybridized carbons (Fsp3) is 0.118. The molecule has 0 aliphatic heterocycles. The van der Waals surface area contributed by atoms with Crippen LogP contribution < -0.4 is 16.9 Å². The zero-order chi connectivity index (χ0) is 18.7. The quantitative estimate of drug-likeness (QED) is 0.265. The van der Waals surface area contributed by atoms with Crippen molar-refractivity contribution in [1.29, 1.82) is 0 Å². The van der Waals surface area contributed by atoms with E-state index < -0.39 is 5.82 Å². The number of hydrogen-bond acceptors (Lipinski definition) is 5. The van der Waals surface area contributed by atoms with Crippen LogP contribution in [0.5, 0.6) is 0 Å². The lowest BCUT2D eigenvalue weighted by Crippen LogP contribution is -2.18. The minimum Gasteiger partial charge on any atom is -0.386 e. The Morgan fingerprint density at radius 1 is 1.15 bits per heavy atom. The summed E-state index contributed by atoms with van der Waals surface area (Å²) in [5.41, 5.74) is 7.29. The number of nitrogens with one attached hydrogen (secondary N) is 1. The fourth-order valence-corrected chi connectivity index (χ4v) is 2.85. The van der Waals surface area contributed by atoms with Crippen LogP contribution in [0.25, 0.3) is 22.0 Å². The third-order valence-electron chi connectivity index (χ3n) is 3.81. The number of aromatic nitrogens is 2. The molecule has 0 radical (unpaired) electrons. The average Bonchev–Trinajstić information content (AvgIpc) is 2.64. The first-order chi connectivity index (χ1) is 12.5. The second-order valence-corrected chi connectivity index (χ2v) is 6.28. The van der Waals surface area contributed by atoms with E-state index in [0.717, 1.165) is 11.1 Å². The first-order valence-corrected chi connectivity index (χ1v) is 8.41. The normalized spacial score (nSPS) is 11.7. The topological polar surface area (TPSA) is 102 Å². The fourth-order valence-electron chi connectivity index (χ4n) is 2.55. The van der Waals surface area contributed by atoms with Crippen LogP contribution in [0.15, 0.2) is 41.8 Å². The summed E-state index contributed by atoms with van der Waals surface area (Å²) in [5.74, 6) is 5.45. The van der Waals surface area contributed by atoms with E-state index in [1.54, 1.807) is 24.3 Å². The predicted octanol–water partition coefficient (Wildman–Crippen LogP) is 3.78. The predicted molar refractivity (Wildman–Crippen MR) is 104 cm³/mol. The molecule has 3 rings (SSSR count). The number of amidine groups is 1. The molecule has 0 atom stereocenters. The lowest BCUT2D eigenvalue weighted by atomic mass is 10.0. The molecule has 134 valence electrons. The van der Waals surface area contributed by atoms with E-state index >= 15 is 0 Å². The highest BCUT2D eigenvalue weighted by molar-refractivity contribution is 6.42. The van der Waals surface area contributed by atoms with Crippen molar-refractivity contribution in [1.82, 2.24) is 9.97 Å². The van der Waals surface area contributed by atoms with Gasteiger partial charge in [-0.1, -0.05) is 35.3 Å². The Labute approximate surface area is 159 Å². The highest BCUT2D eigenvalue weighted by Crippen LogP contribution is 2.35. The number of anilines is 1. The van der Waals surface area contributed by atoms with Gasteiger partial charge in [0.25, 0.3) is 0 Å². The summed E-state index contributed by atoms with van der Waals surface area (Å²) in [6, 6.07) is 8.21. The summed E-state index contributed by atoms with van der Waals surface area (Å²) in [4.78, 5) is 8.31. The number of benzene rings is 2. The summed E-state index contributed by atoms with van der Waals surface area (Å²) < 4.78 is 14.3. The van der Waals surface area contributed by atoms with Gasteiger partial charge in [0.2, 0.25) is 0 Å². The molecular weight excluding hydrogens is 378 g/mol. The van der Waals surface area contributed by atoms with Crippen molar-refractivity contribution in [2.75, 3.05) is 11.9 Å². The summed E-state index contributed by atoms with van der Waals surface area (Å²) in [7, 11) is 0. The Hall–Kier alpha value is -2.64. The van der Waals surface area contributed by atoms with E-state index in [0.29, 0.717) is 40.1 Å². The molecule has 9 heteroatoms. The molecule has 0 saturated heterocycles. The second kappa shape index (κ2) is 7.72. The van der Waals surface area contributed by atoms with Crippen LogP contribution >= 0.6 is 23.2 Å². The first-order valence-electron chi connectivity index (χ1n) is 7.66. The second-order valence-electron chi connectivity index (χ2n) is 5.47. The standard InChI is InChI=1S/C17H15Cl2FN6/c18-11-3-1-9(7-12(11)19)10-2-4-13(20)16-15(10)17(25-8-24-16)23-6-5-14(21)26-22/h1-4,7-8H,5-6,22H2,(H2,21,26)(H,23,24,25). The largest absolute Gasteiger partial charge is 0.386 e. The van der Waals surface area contributed by atoms with Gasteiger partial charge in [-0.05, 0) is 29.3 Å². The van der Waals surface area contributed by atoms with Crippen LogP contribution in [0, 0.1) is 5.82 Å². The number of fused-ring (bicyclic) bond motifs is 1. The lowest BCUT2D eigenvalue weighted by Gasteiger charge is -2.13. The molecule has 0 unspecified atom stereocenters. The molecule has 0 aliphatic rings. The van der Waals surface area contributed by atoms with Gasteiger partial charge in [0, 0.05) is 13.0 Å². The van der Waals surface area contributed by atoms with Gasteiger partial charge in [0.1, 0.15) is 29.3 Å². The number of halogens is 3. The Balaban J connectivity index is 2.11. The van der Waals surface area contributed by atoms with Gasteiger partial charge in [-0.2, -0.15) is 5.10 Å². The molecule has 1 aromatic heterocycles. The molecule has 6 nitrogen and oxygen atoms in total. The molecule has 1 heterocycles. The minimum absolute atomic E-state index is 0.200. The van der Waals surface area contributed by atoms with Crippen molar-refractivity contribution in [3.05, 3.63) is 52.5 Å². The summed E-state index contributed by atoms with van der Waals surface area (Å²) >= 11 is 12.1. The van der Waals surface area contributed by atoms with Crippen LogP contribution in [0.1, 0.15) is 6.42 Å². The molecule has 0 bridgehead atoms. The van der Waals surface area contributed by atoms with Gasteiger partial charge in [0.05, 0.1) is 15.4 Å². The average molecular weight is 393 g/mol. The maximum absolute atomic E-state index is 14.3. The van der Waals surface area contributed by atoms with E-state index in [-0.39, 0.29) is 5.52 Å². The third kappa shape index (κ3) is 3.63. The maximum Gasteiger partial charge on any atom is 0.149 e. The van der Waals surface area contributed by atoms with E-state index in [9.17, 15) is 4.39 Å². The number of nitrogens with two attached hydrogens (primary N) is 2. The Morgan fingerprint density at radius 2 is 1.96 bits per heavy atom. The molecule has 5 N–H and O–H groups in total. The van der Waals surface area contributed by atoms with Crippen molar-refractivity contribution >= 4 is 45.8 Å². The van der Waals surface area contributed by atoms with E-state index in [1.807, 2.05) is 0 Å². The number of nitrogens with zero attached hydrogens (tertiary/aromatic N) is 3. The van der Waals surface area contributed by atoms with Gasteiger partial charge < -0.3 is 16.9 Å². The molecule has 26 heavy (non-hydrogen) atoms. The highest BCUT2D eigenvalue weighted by atomic mass is 35.5. The lowest BCUT2D eigenvalue weighted by molar-refractivity contribution is 0.636. The SMILES string of the molecule is N/N=C(\N)CCNc1ncnc2c(F)ccc(-c3ccc(Cl)c(Cl)c3)c12. The van der Waals surface area contributed by atoms with Gasteiger partial charge in [-0.15, -0.1) is 0 Å². The van der Waals surface area contributed by atoms with Crippen LogP contribution in [-0.4, -0.2) is 22.3 Å². The third-order valence-corrected chi connectivity index (χ3v) is 4.55. The molecule has 0 saturated carbocycles. The summed E-state index contributed by atoms with van der Waals surface area (Å²) in [5, 5.41) is 7.91. The number of hydrogen-bond donors (Lipinski definition) is 3. The molecule has 0 fully saturated rings. The molecule has 0 spiro atoms. The van der Waals surface area contributed by atoms with Crippen LogP contribution in [-0.2, 0) is 0 Å². The van der Waals surface area contributed by atoms with E-state index in [2.05, 4.69) is 20.4 Å². The van der Waals surface area contributed by atoms with Gasteiger partial charge in [0.15, 0.2) is 0 Å². The number of hydrazone groups is 1. The van der Waals surface area contributed by atoms with Crippen molar-refractivity contribution < 1.29 is 4.39 Å². The highest BCUT2D eigenvalue weighted by Gasteiger charge is 2.15. The van der Waals surface area contributed by atoms with Crippen molar-refractivity contribution in [2.24, 2.45) is 16.7 Å². The molecular formula is C17H15Cl2FN6. The van der Waals surface area contributed by atoms with Crippen LogP contribution in [0.2, 0.25) is 10.0 Å². The molecule has 0 amide bonds. The molecule has 0 aliphatic carbocycles. The van der Waals surface area contributed by atoms with Crippen molar-refractivity contribution in [3.8, 4) is 11.1 Å². The monoisotopic (exact) mass is 392 g/mol. The van der Waals surface area contributed by atoms with E-state index in [1.165, 1.54) is 12.4 Å². The van der Waals surface area contributed by atoms with Gasteiger partial charge in [-0.3, -0.25) is 0 Å². The van der Waals surface area contributed by atoms with E-state index in [4.69, 9.17) is 34.8 Å². The zero-order valence-electron chi connectivity index (χ0n) is 13.5. The van der Waals surface area contributed by atoms with Crippen LogP contribution in [0.4, 0.5) is 10.2 Å². The number of rotatable bonds is 5. The minimum atomic E-state index is -0.447. The molecule has 3 aromatic rings. The van der Waals surface area contributed by atoms with Crippen molar-refractivity contribution in [3.63, 3.8) is 0 Å². The Kier molecular flexibility index (Phi) is 5.39. The van der Waals surface area contributed by atoms with Gasteiger partial charge >= 0.3 is 0 Å². The Morgan fingerprint density at radius 3 is 2.69 bits per heavy atom. The van der Waals surface area contributed by atoms with Gasteiger partial charge in [-0.25, -0.2) is 14.4 Å². The van der Waals surface area contributed by atoms with Crippen molar-refractivity contribution in [2.45, 2.75) is 6.42 Å². The van der Waals surface area contributed by atoms with Crippen LogP contribution in [0.3, 0.4) is 0 Å². The molecule has 2 aromatic carbocycles. The first kappa shape index (κ1) is 18.2. The summed E-state index contributed by atoms with van der Waals surface area (Å²) in [6.45, 7) is 0.427. The smallest absolute Gasteiger partial charge is 0.149 e. The summed E-state index contributed by atoms with van der Waals surface area (Å²) in [6.07, 6.45) is 1.71. The zero-order valence-corrected chi connectivity index (χ0v) is 15.0.